The van der Waals surface area contributed by atoms with Crippen molar-refractivity contribution in [2.45, 2.75) is 45.3 Å². The number of carbonyl (C=O) groups is 2. The summed E-state index contributed by atoms with van der Waals surface area (Å²) in [6.45, 7) is 5.46. The summed E-state index contributed by atoms with van der Waals surface area (Å²) in [7, 11) is 1.67. The van der Waals surface area contributed by atoms with Crippen LogP contribution in [0.1, 0.15) is 32.8 Å². The van der Waals surface area contributed by atoms with E-state index in [0.717, 1.165) is 16.8 Å². The minimum absolute atomic E-state index is 0.134. The van der Waals surface area contributed by atoms with Crippen molar-refractivity contribution < 1.29 is 14.3 Å². The van der Waals surface area contributed by atoms with Gasteiger partial charge in [-0.25, -0.2) is 9.78 Å². The van der Waals surface area contributed by atoms with Crippen LogP contribution in [-0.2, 0) is 16.0 Å². The number of hydrogen-bond donors (Lipinski definition) is 2. The maximum absolute atomic E-state index is 12.9. The van der Waals surface area contributed by atoms with Gasteiger partial charge in [-0.3, -0.25) is 4.79 Å². The minimum Gasteiger partial charge on any atom is -0.444 e. The molecule has 33 heavy (non-hydrogen) atoms. The SMILES string of the molecule is CN(C(=O)OC(C)(C)C)[C@@H](CC(=O)Nc1ccc(-c2csc(N)n2)cc1)Cc1ccccc1. The highest BCUT2D eigenvalue weighted by molar-refractivity contribution is 7.13. The van der Waals surface area contributed by atoms with Crippen LogP contribution in [0.25, 0.3) is 11.3 Å². The van der Waals surface area contributed by atoms with Crippen LogP contribution in [0.15, 0.2) is 60.0 Å². The van der Waals surface area contributed by atoms with Gasteiger partial charge in [-0.2, -0.15) is 0 Å². The van der Waals surface area contributed by atoms with Gasteiger partial charge in [0.05, 0.1) is 5.69 Å². The monoisotopic (exact) mass is 466 g/mol. The van der Waals surface area contributed by atoms with Crippen LogP contribution in [0, 0.1) is 0 Å². The van der Waals surface area contributed by atoms with Gasteiger partial charge in [0.25, 0.3) is 0 Å². The topological polar surface area (TPSA) is 97.5 Å². The lowest BCUT2D eigenvalue weighted by Crippen LogP contribution is -2.43. The lowest BCUT2D eigenvalue weighted by molar-refractivity contribution is -0.117. The third-order valence-electron chi connectivity index (χ3n) is 4.95. The molecule has 0 fully saturated rings. The van der Waals surface area contributed by atoms with Crippen molar-refractivity contribution in [1.29, 1.82) is 0 Å². The van der Waals surface area contributed by atoms with Gasteiger partial charge < -0.3 is 20.7 Å². The van der Waals surface area contributed by atoms with E-state index < -0.39 is 11.7 Å². The number of anilines is 2. The van der Waals surface area contributed by atoms with Crippen molar-refractivity contribution in [3.63, 3.8) is 0 Å². The Balaban J connectivity index is 1.69. The number of carbonyl (C=O) groups excluding carboxylic acids is 2. The number of hydrogen-bond acceptors (Lipinski definition) is 6. The quantitative estimate of drug-likeness (QED) is 0.499. The second-order valence-corrected chi connectivity index (χ2v) is 9.73. The number of thiazole rings is 1. The molecule has 0 saturated heterocycles. The first-order valence-electron chi connectivity index (χ1n) is 10.7. The average molecular weight is 467 g/mol. The van der Waals surface area contributed by atoms with Gasteiger partial charge in [0.15, 0.2) is 5.13 Å². The standard InChI is InChI=1S/C25H30N4O3S/c1-25(2,3)32-24(31)29(4)20(14-17-8-6-5-7-9-17)15-22(30)27-19-12-10-18(11-13-19)21-16-33-23(26)28-21/h5-13,16,20H,14-15H2,1-4H3,(H2,26,28)(H,27,30)/t20-/m1/s1. The Morgan fingerprint density at radius 2 is 1.79 bits per heavy atom. The fourth-order valence-electron chi connectivity index (χ4n) is 3.29. The van der Waals surface area contributed by atoms with Crippen LogP contribution in [-0.4, -0.2) is 40.6 Å². The summed E-state index contributed by atoms with van der Waals surface area (Å²) in [6, 6.07) is 16.9. The number of aromatic nitrogens is 1. The molecule has 0 aliphatic rings. The Morgan fingerprint density at radius 3 is 2.36 bits per heavy atom. The molecule has 3 rings (SSSR count). The van der Waals surface area contributed by atoms with Crippen molar-refractivity contribution in [2.75, 3.05) is 18.1 Å². The maximum Gasteiger partial charge on any atom is 0.410 e. The summed E-state index contributed by atoms with van der Waals surface area (Å²) in [5.41, 5.74) is 8.53. The number of benzene rings is 2. The molecule has 2 aromatic carbocycles. The first-order chi connectivity index (χ1) is 15.6. The summed E-state index contributed by atoms with van der Waals surface area (Å²) in [4.78, 5) is 31.3. The fourth-order valence-corrected chi connectivity index (χ4v) is 3.86. The molecule has 3 aromatic rings. The summed E-state index contributed by atoms with van der Waals surface area (Å²) < 4.78 is 5.52. The number of amides is 2. The minimum atomic E-state index is -0.616. The second-order valence-electron chi connectivity index (χ2n) is 8.84. The van der Waals surface area contributed by atoms with E-state index in [4.69, 9.17) is 10.5 Å². The largest absolute Gasteiger partial charge is 0.444 e. The summed E-state index contributed by atoms with van der Waals surface area (Å²) >= 11 is 1.38. The molecule has 7 nitrogen and oxygen atoms in total. The Hall–Kier alpha value is -3.39. The Morgan fingerprint density at radius 1 is 1.12 bits per heavy atom. The summed E-state index contributed by atoms with van der Waals surface area (Å²) in [6.07, 6.45) is 0.214. The van der Waals surface area contributed by atoms with Crippen LogP contribution in [0.3, 0.4) is 0 Å². The van der Waals surface area contributed by atoms with Gasteiger partial charge in [-0.05, 0) is 44.9 Å². The molecular formula is C25H30N4O3S. The van der Waals surface area contributed by atoms with Gasteiger partial charge in [0, 0.05) is 36.1 Å². The van der Waals surface area contributed by atoms with E-state index in [-0.39, 0.29) is 18.4 Å². The van der Waals surface area contributed by atoms with Gasteiger partial charge in [0.1, 0.15) is 5.60 Å². The summed E-state index contributed by atoms with van der Waals surface area (Å²) in [5.74, 6) is -0.183. The maximum atomic E-state index is 12.9. The molecule has 0 spiro atoms. The number of nitrogens with zero attached hydrogens (tertiary/aromatic N) is 2. The number of nitrogens with two attached hydrogens (primary N) is 1. The predicted molar refractivity (Wildman–Crippen MR) is 133 cm³/mol. The smallest absolute Gasteiger partial charge is 0.410 e. The normalized spacial score (nSPS) is 12.1. The number of nitrogens with one attached hydrogen (secondary N) is 1. The molecule has 0 unspecified atom stereocenters. The molecule has 0 bridgehead atoms. The van der Waals surface area contributed by atoms with Crippen LogP contribution in [0.4, 0.5) is 15.6 Å². The molecule has 8 heteroatoms. The van der Waals surface area contributed by atoms with E-state index in [0.29, 0.717) is 17.2 Å². The third kappa shape index (κ3) is 7.32. The highest BCUT2D eigenvalue weighted by Gasteiger charge is 2.27. The first-order valence-corrected chi connectivity index (χ1v) is 11.6. The van der Waals surface area contributed by atoms with E-state index in [9.17, 15) is 9.59 Å². The number of ether oxygens (including phenoxy) is 1. The van der Waals surface area contributed by atoms with Gasteiger partial charge in [0.2, 0.25) is 5.91 Å². The zero-order valence-corrected chi connectivity index (χ0v) is 20.2. The van der Waals surface area contributed by atoms with Crippen molar-refractivity contribution in [2.24, 2.45) is 0 Å². The van der Waals surface area contributed by atoms with Crippen LogP contribution in [0.2, 0.25) is 0 Å². The Labute approximate surface area is 198 Å². The predicted octanol–water partition coefficient (Wildman–Crippen LogP) is 5.20. The van der Waals surface area contributed by atoms with Crippen molar-refractivity contribution in [3.05, 3.63) is 65.5 Å². The molecule has 3 N–H and O–H groups in total. The van der Waals surface area contributed by atoms with Crippen molar-refractivity contribution >= 4 is 34.2 Å². The lowest BCUT2D eigenvalue weighted by Gasteiger charge is -2.30. The molecular weight excluding hydrogens is 436 g/mol. The van der Waals surface area contributed by atoms with Crippen molar-refractivity contribution in [3.8, 4) is 11.3 Å². The van der Waals surface area contributed by atoms with Gasteiger partial charge in [-0.1, -0.05) is 42.5 Å². The molecule has 0 aliphatic heterocycles. The van der Waals surface area contributed by atoms with E-state index >= 15 is 0 Å². The molecule has 1 heterocycles. The second kappa shape index (κ2) is 10.5. The van der Waals surface area contributed by atoms with Crippen LogP contribution in [0.5, 0.6) is 0 Å². The molecule has 0 radical (unpaired) electrons. The zero-order valence-electron chi connectivity index (χ0n) is 19.4. The van der Waals surface area contributed by atoms with Crippen molar-refractivity contribution in [1.82, 2.24) is 9.88 Å². The lowest BCUT2D eigenvalue weighted by atomic mass is 10.0. The first kappa shape index (κ1) is 24.3. The van der Waals surface area contributed by atoms with Gasteiger partial charge >= 0.3 is 6.09 Å². The third-order valence-corrected chi connectivity index (χ3v) is 5.62. The van der Waals surface area contributed by atoms with E-state index in [2.05, 4.69) is 10.3 Å². The Kier molecular flexibility index (Phi) is 7.71. The highest BCUT2D eigenvalue weighted by atomic mass is 32.1. The number of rotatable bonds is 7. The zero-order chi connectivity index (χ0) is 24.0. The summed E-state index contributed by atoms with van der Waals surface area (Å²) in [5, 5.41) is 5.33. The molecule has 174 valence electrons. The number of likely N-dealkylation sites (N-methyl/N-ethyl adjacent to an activating group) is 1. The average Bonchev–Trinajstić information content (AvgIpc) is 3.19. The van der Waals surface area contributed by atoms with E-state index in [1.807, 2.05) is 80.7 Å². The molecule has 2 amide bonds. The Bertz CT molecular complexity index is 1080. The molecule has 0 aliphatic carbocycles. The molecule has 1 aromatic heterocycles. The highest BCUT2D eigenvalue weighted by Crippen LogP contribution is 2.24. The van der Waals surface area contributed by atoms with Gasteiger partial charge in [-0.15, -0.1) is 11.3 Å². The molecule has 0 saturated carbocycles. The molecule has 1 atom stereocenters. The number of nitrogen functional groups attached to an aromatic ring is 1. The van der Waals surface area contributed by atoms with E-state index in [1.165, 1.54) is 16.2 Å². The van der Waals surface area contributed by atoms with E-state index in [1.54, 1.807) is 7.05 Å². The van der Waals surface area contributed by atoms with Crippen LogP contribution < -0.4 is 11.1 Å². The fraction of sp³-hybridized carbons (Fsp3) is 0.320. The van der Waals surface area contributed by atoms with Crippen LogP contribution >= 0.6 is 11.3 Å².